The lowest BCUT2D eigenvalue weighted by molar-refractivity contribution is 0.103. The zero-order chi connectivity index (χ0) is 14.8. The highest BCUT2D eigenvalue weighted by atomic mass is 35.5. The van der Waals surface area contributed by atoms with Gasteiger partial charge in [-0.25, -0.2) is 0 Å². The molecule has 0 atom stereocenters. The Bertz CT molecular complexity index is 688. The molecule has 0 radical (unpaired) electrons. The van der Waals surface area contributed by atoms with E-state index in [4.69, 9.17) is 16.3 Å². The molecule has 2 aromatic rings. The molecule has 0 saturated carbocycles. The topological polar surface area (TPSA) is 50.4 Å². The van der Waals surface area contributed by atoms with Crippen molar-refractivity contribution >= 4 is 46.9 Å². The van der Waals surface area contributed by atoms with Gasteiger partial charge in [0.15, 0.2) is 0 Å². The number of benzene rings is 1. The molecule has 2 heterocycles. The second kappa shape index (κ2) is 7.33. The third kappa shape index (κ3) is 3.55. The number of nitrogens with one attached hydrogen (secondary N) is 2. The molecule has 1 aliphatic rings. The Morgan fingerprint density at radius 1 is 1.45 bits per heavy atom. The molecule has 7 heteroatoms. The second-order valence-corrected chi connectivity index (χ2v) is 6.12. The molecule has 1 aromatic carbocycles. The van der Waals surface area contributed by atoms with E-state index >= 15 is 0 Å². The van der Waals surface area contributed by atoms with Crippen LogP contribution in [0, 0.1) is 6.92 Å². The zero-order valence-corrected chi connectivity index (χ0v) is 14.3. The smallest absolute Gasteiger partial charge is 0.267 e. The average Bonchev–Trinajstić information content (AvgIpc) is 2.68. The molecule has 3 rings (SSSR count). The molecule has 0 aliphatic carbocycles. The quantitative estimate of drug-likeness (QED) is 0.856. The number of fused-ring (bicyclic) bond motifs is 1. The third-order valence-electron chi connectivity index (χ3n) is 3.28. The van der Waals surface area contributed by atoms with Crippen molar-refractivity contribution in [3.8, 4) is 5.75 Å². The highest BCUT2D eigenvalue weighted by molar-refractivity contribution is 7.13. The standard InChI is InChI=1S/C15H15ClN2O2S.ClH/c1-9-8-21-14(13(9)16)15(19)18-11-2-3-12-10(6-11)7-17-4-5-20-12;/h2-3,6,8,17H,4-5,7H2,1H3,(H,18,19);1H. The fourth-order valence-corrected chi connectivity index (χ4v) is 3.34. The van der Waals surface area contributed by atoms with E-state index in [1.165, 1.54) is 11.3 Å². The molecule has 0 fully saturated rings. The molecule has 0 bridgehead atoms. The van der Waals surface area contributed by atoms with Gasteiger partial charge in [-0.05, 0) is 36.1 Å². The van der Waals surface area contributed by atoms with Gasteiger partial charge < -0.3 is 15.4 Å². The molecule has 0 saturated heterocycles. The predicted octanol–water partition coefficient (Wildman–Crippen LogP) is 3.87. The number of anilines is 1. The molecular weight excluding hydrogens is 343 g/mol. The van der Waals surface area contributed by atoms with E-state index < -0.39 is 0 Å². The third-order valence-corrected chi connectivity index (χ3v) is 4.97. The predicted molar refractivity (Wildman–Crippen MR) is 92.9 cm³/mol. The van der Waals surface area contributed by atoms with Crippen LogP contribution in [0.3, 0.4) is 0 Å². The van der Waals surface area contributed by atoms with E-state index in [-0.39, 0.29) is 18.3 Å². The highest BCUT2D eigenvalue weighted by Crippen LogP contribution is 2.29. The minimum Gasteiger partial charge on any atom is -0.492 e. The van der Waals surface area contributed by atoms with Crippen LogP contribution in [0.1, 0.15) is 20.8 Å². The van der Waals surface area contributed by atoms with Crippen LogP contribution in [0.5, 0.6) is 5.75 Å². The summed E-state index contributed by atoms with van der Waals surface area (Å²) >= 11 is 7.48. The molecule has 4 nitrogen and oxygen atoms in total. The van der Waals surface area contributed by atoms with Crippen LogP contribution in [0.4, 0.5) is 5.69 Å². The van der Waals surface area contributed by atoms with Crippen molar-refractivity contribution in [1.29, 1.82) is 0 Å². The van der Waals surface area contributed by atoms with Crippen molar-refractivity contribution in [3.63, 3.8) is 0 Å². The Morgan fingerprint density at radius 2 is 2.27 bits per heavy atom. The second-order valence-electron chi connectivity index (χ2n) is 4.86. The number of hydrogen-bond acceptors (Lipinski definition) is 4. The van der Waals surface area contributed by atoms with Crippen LogP contribution in [0.25, 0.3) is 0 Å². The lowest BCUT2D eigenvalue weighted by atomic mass is 10.1. The van der Waals surface area contributed by atoms with Gasteiger partial charge in [0.1, 0.15) is 17.2 Å². The molecule has 118 valence electrons. The van der Waals surface area contributed by atoms with E-state index in [1.54, 1.807) is 0 Å². The van der Waals surface area contributed by atoms with E-state index in [9.17, 15) is 4.79 Å². The maximum Gasteiger partial charge on any atom is 0.267 e. The number of thiophene rings is 1. The Kier molecular flexibility index (Phi) is 5.69. The van der Waals surface area contributed by atoms with E-state index in [2.05, 4.69) is 10.6 Å². The molecule has 0 spiro atoms. The number of carbonyl (C=O) groups is 1. The molecule has 2 N–H and O–H groups in total. The zero-order valence-electron chi connectivity index (χ0n) is 11.9. The summed E-state index contributed by atoms with van der Waals surface area (Å²) in [5, 5.41) is 8.56. The summed E-state index contributed by atoms with van der Waals surface area (Å²) in [6.07, 6.45) is 0. The minimum absolute atomic E-state index is 0. The molecule has 22 heavy (non-hydrogen) atoms. The first-order chi connectivity index (χ1) is 10.1. The van der Waals surface area contributed by atoms with Crippen molar-refractivity contribution in [3.05, 3.63) is 44.6 Å². The Labute approximate surface area is 144 Å². The van der Waals surface area contributed by atoms with Crippen LogP contribution in [-0.4, -0.2) is 19.1 Å². The number of halogens is 2. The van der Waals surface area contributed by atoms with E-state index in [0.29, 0.717) is 16.5 Å². The normalized spacial score (nSPS) is 13.4. The van der Waals surface area contributed by atoms with Crippen molar-refractivity contribution < 1.29 is 9.53 Å². The number of carbonyl (C=O) groups excluding carboxylic acids is 1. The summed E-state index contributed by atoms with van der Waals surface area (Å²) in [7, 11) is 0. The lowest BCUT2D eigenvalue weighted by Crippen LogP contribution is -2.16. The SMILES string of the molecule is Cc1csc(C(=O)Nc2ccc3c(c2)CNCCO3)c1Cl.Cl. The maximum absolute atomic E-state index is 12.3. The van der Waals surface area contributed by atoms with Gasteiger partial charge in [-0.3, -0.25) is 4.79 Å². The monoisotopic (exact) mass is 358 g/mol. The van der Waals surface area contributed by atoms with Crippen LogP contribution in [-0.2, 0) is 6.54 Å². The van der Waals surface area contributed by atoms with Gasteiger partial charge in [0.05, 0.1) is 5.02 Å². The van der Waals surface area contributed by atoms with E-state index in [1.807, 2.05) is 30.5 Å². The first-order valence-electron chi connectivity index (χ1n) is 6.66. The fourth-order valence-electron chi connectivity index (χ4n) is 2.16. The summed E-state index contributed by atoms with van der Waals surface area (Å²) in [5.74, 6) is 0.684. The lowest BCUT2D eigenvalue weighted by Gasteiger charge is -2.10. The van der Waals surface area contributed by atoms with Crippen LogP contribution >= 0.6 is 35.3 Å². The van der Waals surface area contributed by atoms with Crippen molar-refractivity contribution in [1.82, 2.24) is 5.32 Å². The Balaban J connectivity index is 0.00000176. The van der Waals surface area contributed by atoms with Gasteiger partial charge in [-0.2, -0.15) is 0 Å². The summed E-state index contributed by atoms with van der Waals surface area (Å²) < 4.78 is 5.62. The van der Waals surface area contributed by atoms with Crippen molar-refractivity contribution in [2.45, 2.75) is 13.5 Å². The number of rotatable bonds is 2. The van der Waals surface area contributed by atoms with Gasteiger partial charge in [-0.15, -0.1) is 23.7 Å². The summed E-state index contributed by atoms with van der Waals surface area (Å²) in [6.45, 7) is 4.10. The van der Waals surface area contributed by atoms with Gasteiger partial charge in [0.2, 0.25) is 0 Å². The van der Waals surface area contributed by atoms with Gasteiger partial charge in [0.25, 0.3) is 5.91 Å². The average molecular weight is 359 g/mol. The molecular formula is C15H16Cl2N2O2S. The van der Waals surface area contributed by atoms with Crippen molar-refractivity contribution in [2.75, 3.05) is 18.5 Å². The van der Waals surface area contributed by atoms with Crippen LogP contribution in [0.15, 0.2) is 23.6 Å². The molecule has 1 amide bonds. The van der Waals surface area contributed by atoms with Gasteiger partial charge in [-0.1, -0.05) is 11.6 Å². The number of hydrogen-bond donors (Lipinski definition) is 2. The number of amides is 1. The van der Waals surface area contributed by atoms with Crippen LogP contribution in [0.2, 0.25) is 5.02 Å². The highest BCUT2D eigenvalue weighted by Gasteiger charge is 2.16. The summed E-state index contributed by atoms with van der Waals surface area (Å²) in [4.78, 5) is 12.8. The van der Waals surface area contributed by atoms with Crippen molar-refractivity contribution in [2.24, 2.45) is 0 Å². The fraction of sp³-hybridized carbons (Fsp3) is 0.267. The molecule has 1 aliphatic heterocycles. The van der Waals surface area contributed by atoms with Gasteiger partial charge in [0, 0.05) is 24.3 Å². The first kappa shape index (κ1) is 17.1. The van der Waals surface area contributed by atoms with Gasteiger partial charge >= 0.3 is 0 Å². The number of ether oxygens (including phenoxy) is 1. The summed E-state index contributed by atoms with van der Waals surface area (Å²) in [5.41, 5.74) is 2.71. The first-order valence-corrected chi connectivity index (χ1v) is 7.92. The maximum atomic E-state index is 12.3. The minimum atomic E-state index is -0.180. The van der Waals surface area contributed by atoms with E-state index in [0.717, 1.165) is 35.7 Å². The largest absolute Gasteiger partial charge is 0.492 e. The Hall–Kier alpha value is -1.27. The Morgan fingerprint density at radius 3 is 3.00 bits per heavy atom. The molecule has 1 aromatic heterocycles. The number of aryl methyl sites for hydroxylation is 1. The van der Waals surface area contributed by atoms with Crippen LogP contribution < -0.4 is 15.4 Å². The molecule has 0 unspecified atom stereocenters. The summed E-state index contributed by atoms with van der Waals surface area (Å²) in [6, 6.07) is 5.66.